The van der Waals surface area contributed by atoms with E-state index in [1.807, 2.05) is 0 Å². The van der Waals surface area contributed by atoms with Crippen molar-refractivity contribution in [2.45, 2.75) is 18.8 Å². The van der Waals surface area contributed by atoms with E-state index in [0.29, 0.717) is 18.7 Å². The highest BCUT2D eigenvalue weighted by Gasteiger charge is 2.35. The number of ether oxygens (including phenoxy) is 1. The van der Waals surface area contributed by atoms with Gasteiger partial charge in [0.1, 0.15) is 5.75 Å². The summed E-state index contributed by atoms with van der Waals surface area (Å²) >= 11 is 0. The lowest BCUT2D eigenvalue weighted by molar-refractivity contribution is -0.385. The summed E-state index contributed by atoms with van der Waals surface area (Å²) in [5.41, 5.74) is 0.260. The smallest absolute Gasteiger partial charge is 0.311 e. The fourth-order valence-corrected chi connectivity index (χ4v) is 4.08. The second-order valence-corrected chi connectivity index (χ2v) is 7.65. The Labute approximate surface area is 189 Å². The van der Waals surface area contributed by atoms with Gasteiger partial charge in [-0.15, -0.1) is 0 Å². The quantitative estimate of drug-likeness (QED) is 0.370. The van der Waals surface area contributed by atoms with Gasteiger partial charge in [0.05, 0.1) is 15.8 Å². The van der Waals surface area contributed by atoms with Gasteiger partial charge in [-0.1, -0.05) is 48.5 Å². The van der Waals surface area contributed by atoms with Crippen molar-refractivity contribution in [3.63, 3.8) is 0 Å². The molecule has 168 valence electrons. The van der Waals surface area contributed by atoms with Gasteiger partial charge in [0.2, 0.25) is 11.7 Å². The molecule has 1 amide bonds. The predicted octanol–water partition coefficient (Wildman–Crippen LogP) is 5.05. The number of rotatable bonds is 7. The Bertz CT molecular complexity index is 1210. The highest BCUT2D eigenvalue weighted by atomic mass is 16.6. The molecule has 1 unspecified atom stereocenters. The molecule has 3 aromatic rings. The van der Waals surface area contributed by atoms with Crippen molar-refractivity contribution >= 4 is 17.3 Å². The molecule has 1 fully saturated rings. The standard InChI is InChI=1S/C24H21N3O6/c28-24(25-15-7-8-16-25)23(17-9-1-3-11-19(17)26(29)30)18-10-2-5-13-21(18)33-22-14-6-4-12-20(22)27(31)32/h1-6,9-14,23H,7-8,15-16H2. The van der Waals surface area contributed by atoms with Crippen LogP contribution in [0.15, 0.2) is 72.8 Å². The number of likely N-dealkylation sites (tertiary alicyclic amines) is 1. The summed E-state index contributed by atoms with van der Waals surface area (Å²) in [4.78, 5) is 37.5. The molecule has 9 heteroatoms. The highest BCUT2D eigenvalue weighted by molar-refractivity contribution is 5.89. The lowest BCUT2D eigenvalue weighted by Crippen LogP contribution is -2.33. The Kier molecular flexibility index (Phi) is 6.30. The van der Waals surface area contributed by atoms with Crippen LogP contribution in [0.5, 0.6) is 11.5 Å². The summed E-state index contributed by atoms with van der Waals surface area (Å²) in [6.07, 6.45) is 1.73. The summed E-state index contributed by atoms with van der Waals surface area (Å²) in [5.74, 6) is -1.02. The molecule has 0 aromatic heterocycles. The number of nitro benzene ring substituents is 2. The van der Waals surface area contributed by atoms with Gasteiger partial charge in [0.25, 0.3) is 5.69 Å². The number of hydrogen-bond donors (Lipinski definition) is 0. The van der Waals surface area contributed by atoms with Crippen molar-refractivity contribution in [2.75, 3.05) is 13.1 Å². The fourth-order valence-electron chi connectivity index (χ4n) is 4.08. The molecule has 0 spiro atoms. The van der Waals surface area contributed by atoms with E-state index in [0.717, 1.165) is 12.8 Å². The molecule has 3 aromatic carbocycles. The van der Waals surface area contributed by atoms with E-state index in [1.54, 1.807) is 53.4 Å². The molecule has 0 aliphatic carbocycles. The van der Waals surface area contributed by atoms with Crippen molar-refractivity contribution in [3.8, 4) is 11.5 Å². The van der Waals surface area contributed by atoms with Gasteiger partial charge in [-0.3, -0.25) is 25.0 Å². The Balaban J connectivity index is 1.85. The van der Waals surface area contributed by atoms with Crippen molar-refractivity contribution in [1.82, 2.24) is 4.90 Å². The SMILES string of the molecule is O=C(C(c1ccccc1Oc1ccccc1[N+](=O)[O-])c1ccccc1[N+](=O)[O-])N1CCCC1. The molecule has 4 rings (SSSR count). The molecule has 0 N–H and O–H groups in total. The maximum atomic E-state index is 13.6. The summed E-state index contributed by atoms with van der Waals surface area (Å²) in [5, 5.41) is 23.2. The van der Waals surface area contributed by atoms with E-state index in [9.17, 15) is 25.0 Å². The number of amides is 1. The zero-order chi connectivity index (χ0) is 23.4. The van der Waals surface area contributed by atoms with Gasteiger partial charge >= 0.3 is 5.69 Å². The largest absolute Gasteiger partial charge is 0.450 e. The zero-order valence-electron chi connectivity index (χ0n) is 17.6. The molecule has 1 atom stereocenters. The van der Waals surface area contributed by atoms with E-state index in [4.69, 9.17) is 4.74 Å². The summed E-state index contributed by atoms with van der Waals surface area (Å²) in [6, 6.07) is 18.7. The number of para-hydroxylation sites is 4. The first-order valence-corrected chi connectivity index (χ1v) is 10.5. The molecule has 0 bridgehead atoms. The van der Waals surface area contributed by atoms with Crippen LogP contribution in [-0.2, 0) is 4.79 Å². The number of benzene rings is 3. The van der Waals surface area contributed by atoms with E-state index < -0.39 is 15.8 Å². The first-order chi connectivity index (χ1) is 16.0. The topological polar surface area (TPSA) is 116 Å². The average Bonchev–Trinajstić information content (AvgIpc) is 3.36. The minimum absolute atomic E-state index is 0.0184. The Morgan fingerprint density at radius 3 is 1.91 bits per heavy atom. The molecule has 1 saturated heterocycles. The first-order valence-electron chi connectivity index (χ1n) is 10.5. The van der Waals surface area contributed by atoms with Crippen molar-refractivity contribution in [1.29, 1.82) is 0 Å². The number of nitro groups is 2. The lowest BCUT2D eigenvalue weighted by Gasteiger charge is -2.25. The number of carbonyl (C=O) groups is 1. The molecular weight excluding hydrogens is 426 g/mol. The Morgan fingerprint density at radius 2 is 1.27 bits per heavy atom. The van der Waals surface area contributed by atoms with Crippen LogP contribution in [0.2, 0.25) is 0 Å². The van der Waals surface area contributed by atoms with Crippen molar-refractivity contribution in [2.24, 2.45) is 0 Å². The van der Waals surface area contributed by atoms with Crippen molar-refractivity contribution in [3.05, 3.63) is 104 Å². The van der Waals surface area contributed by atoms with Crippen LogP contribution in [-0.4, -0.2) is 33.7 Å². The third kappa shape index (κ3) is 4.52. The maximum Gasteiger partial charge on any atom is 0.311 e. The van der Waals surface area contributed by atoms with E-state index in [-0.39, 0.29) is 34.3 Å². The second kappa shape index (κ2) is 9.47. The van der Waals surface area contributed by atoms with Crippen LogP contribution >= 0.6 is 0 Å². The first kappa shape index (κ1) is 21.9. The van der Waals surface area contributed by atoms with Crippen LogP contribution in [0.4, 0.5) is 11.4 Å². The molecule has 0 saturated carbocycles. The van der Waals surface area contributed by atoms with E-state index >= 15 is 0 Å². The average molecular weight is 447 g/mol. The molecule has 9 nitrogen and oxygen atoms in total. The zero-order valence-corrected chi connectivity index (χ0v) is 17.6. The van der Waals surface area contributed by atoms with E-state index in [2.05, 4.69) is 0 Å². The molecule has 33 heavy (non-hydrogen) atoms. The Morgan fingerprint density at radius 1 is 0.758 bits per heavy atom. The van der Waals surface area contributed by atoms with Crippen LogP contribution in [0, 0.1) is 20.2 Å². The van der Waals surface area contributed by atoms with Crippen molar-refractivity contribution < 1.29 is 19.4 Å². The monoisotopic (exact) mass is 447 g/mol. The molecule has 1 aliphatic heterocycles. The van der Waals surface area contributed by atoms with Crippen LogP contribution in [0.3, 0.4) is 0 Å². The second-order valence-electron chi connectivity index (χ2n) is 7.65. The van der Waals surface area contributed by atoms with E-state index in [1.165, 1.54) is 24.3 Å². The normalized spacial score (nSPS) is 14.0. The van der Waals surface area contributed by atoms with Gasteiger partial charge in [-0.05, 0) is 25.0 Å². The minimum atomic E-state index is -0.997. The predicted molar refractivity (Wildman–Crippen MR) is 120 cm³/mol. The maximum absolute atomic E-state index is 13.6. The molecule has 1 aliphatic rings. The third-order valence-electron chi connectivity index (χ3n) is 5.62. The minimum Gasteiger partial charge on any atom is -0.450 e. The summed E-state index contributed by atoms with van der Waals surface area (Å²) < 4.78 is 5.94. The molecular formula is C24H21N3O6. The van der Waals surface area contributed by atoms with Crippen LogP contribution in [0.25, 0.3) is 0 Å². The van der Waals surface area contributed by atoms with Gasteiger partial charge in [-0.2, -0.15) is 0 Å². The van der Waals surface area contributed by atoms with Crippen LogP contribution in [0.1, 0.15) is 29.9 Å². The van der Waals surface area contributed by atoms with Gasteiger partial charge in [0.15, 0.2) is 0 Å². The third-order valence-corrected chi connectivity index (χ3v) is 5.62. The van der Waals surface area contributed by atoms with Gasteiger partial charge < -0.3 is 9.64 Å². The Hall–Kier alpha value is -4.27. The number of carbonyl (C=O) groups excluding carboxylic acids is 1. The number of hydrogen-bond acceptors (Lipinski definition) is 6. The fraction of sp³-hybridized carbons (Fsp3) is 0.208. The van der Waals surface area contributed by atoms with Crippen LogP contribution < -0.4 is 4.74 Å². The van der Waals surface area contributed by atoms with Gasteiger partial charge in [-0.25, -0.2) is 0 Å². The van der Waals surface area contributed by atoms with Gasteiger partial charge in [0, 0.05) is 36.3 Å². The summed E-state index contributed by atoms with van der Waals surface area (Å²) in [6.45, 7) is 1.15. The highest BCUT2D eigenvalue weighted by Crippen LogP contribution is 2.41. The molecule has 1 heterocycles. The number of nitrogens with zero attached hydrogens (tertiary/aromatic N) is 3. The summed E-state index contributed by atoms with van der Waals surface area (Å²) in [7, 11) is 0. The lowest BCUT2D eigenvalue weighted by atomic mass is 9.88. The molecule has 0 radical (unpaired) electrons.